The van der Waals surface area contributed by atoms with Crippen LogP contribution in [0.2, 0.25) is 5.02 Å². The van der Waals surface area contributed by atoms with Crippen molar-refractivity contribution < 1.29 is 9.47 Å². The van der Waals surface area contributed by atoms with E-state index in [1.54, 1.807) is 7.11 Å². The molecule has 5 nitrogen and oxygen atoms in total. The van der Waals surface area contributed by atoms with Crippen molar-refractivity contribution in [1.82, 2.24) is 4.57 Å². The molecular formula is C39H28ClIN2O3S. The summed E-state index contributed by atoms with van der Waals surface area (Å²) in [6.07, 6.45) is 3.62. The summed E-state index contributed by atoms with van der Waals surface area (Å²) in [5.41, 5.74) is 7.25. The molecule has 0 fully saturated rings. The van der Waals surface area contributed by atoms with Crippen LogP contribution in [0.15, 0.2) is 118 Å². The maximum absolute atomic E-state index is 14.3. The Morgan fingerprint density at radius 3 is 2.64 bits per heavy atom. The smallest absolute Gasteiger partial charge is 0.271 e. The van der Waals surface area contributed by atoms with Gasteiger partial charge in [-0.3, -0.25) is 9.36 Å². The number of aryl methyl sites for hydroxylation is 1. The summed E-state index contributed by atoms with van der Waals surface area (Å²) in [6.45, 7) is 0.404. The lowest BCUT2D eigenvalue weighted by Crippen LogP contribution is -2.38. The lowest BCUT2D eigenvalue weighted by molar-refractivity contribution is 0.283. The first-order chi connectivity index (χ1) is 23.0. The van der Waals surface area contributed by atoms with Crippen LogP contribution in [0.25, 0.3) is 22.5 Å². The van der Waals surface area contributed by atoms with Gasteiger partial charge >= 0.3 is 0 Å². The Morgan fingerprint density at radius 2 is 1.77 bits per heavy atom. The van der Waals surface area contributed by atoms with Crippen molar-refractivity contribution in [2.45, 2.75) is 25.5 Å². The molecule has 0 saturated heterocycles. The number of ether oxygens (including phenoxy) is 2. The highest BCUT2D eigenvalue weighted by atomic mass is 127. The Morgan fingerprint density at radius 1 is 0.979 bits per heavy atom. The number of benzene rings is 5. The fraction of sp³-hybridized carbons (Fsp3) is 0.128. The molecule has 2 heterocycles. The molecule has 232 valence electrons. The van der Waals surface area contributed by atoms with E-state index in [1.807, 2.05) is 65.2 Å². The van der Waals surface area contributed by atoms with Gasteiger partial charge in [0, 0.05) is 10.6 Å². The minimum absolute atomic E-state index is 0.0886. The fourth-order valence-corrected chi connectivity index (χ4v) is 8.70. The highest BCUT2D eigenvalue weighted by molar-refractivity contribution is 14.1. The first kappa shape index (κ1) is 30.2. The number of halogens is 2. The molecule has 0 saturated carbocycles. The molecular weight excluding hydrogens is 739 g/mol. The molecule has 1 aliphatic heterocycles. The predicted octanol–water partition coefficient (Wildman–Crippen LogP) is 8.32. The standard InChI is InChI=1S/C39H28ClIN2O3S/c1-45-33-20-23(19-32(41)37(33)46-22-26-12-8-11-24-9-2-4-13-27(24)26)21-34-38(44)43-36(29-15-6-7-16-31(29)40)30-18-17-25-10-3-5-14-28(25)35(30)42-39(43)47-34/h2-16,19-21,36H,17-18,22H2,1H3/b34-21+. The normalized spacial score (nSPS) is 15.6. The van der Waals surface area contributed by atoms with Gasteiger partial charge in [0.1, 0.15) is 6.61 Å². The summed E-state index contributed by atoms with van der Waals surface area (Å²) in [5, 5.41) is 2.98. The molecule has 0 amide bonds. The zero-order valence-corrected chi connectivity index (χ0v) is 29.1. The van der Waals surface area contributed by atoms with Gasteiger partial charge in [0.05, 0.1) is 27.0 Å². The van der Waals surface area contributed by atoms with Crippen molar-refractivity contribution in [1.29, 1.82) is 0 Å². The number of rotatable bonds is 6. The fourth-order valence-electron chi connectivity index (χ4n) is 6.68. The van der Waals surface area contributed by atoms with E-state index in [2.05, 4.69) is 71.1 Å². The molecule has 0 N–H and O–H groups in total. The van der Waals surface area contributed by atoms with Crippen molar-refractivity contribution in [3.63, 3.8) is 0 Å². The van der Waals surface area contributed by atoms with Crippen LogP contribution >= 0.6 is 45.5 Å². The van der Waals surface area contributed by atoms with E-state index in [0.717, 1.165) is 55.3 Å². The molecule has 1 atom stereocenters. The number of hydrogen-bond donors (Lipinski definition) is 0. The molecule has 8 heteroatoms. The number of methoxy groups -OCH3 is 1. The van der Waals surface area contributed by atoms with Gasteiger partial charge in [0.25, 0.3) is 5.56 Å². The Balaban J connectivity index is 1.21. The van der Waals surface area contributed by atoms with Crippen LogP contribution in [0.3, 0.4) is 0 Å². The molecule has 8 rings (SSSR count). The van der Waals surface area contributed by atoms with Gasteiger partial charge in [-0.1, -0.05) is 108 Å². The lowest BCUT2D eigenvalue weighted by Gasteiger charge is -2.31. The first-order valence-corrected chi connectivity index (χ1v) is 17.6. The number of hydrogen-bond acceptors (Lipinski definition) is 5. The maximum atomic E-state index is 14.3. The van der Waals surface area contributed by atoms with Crippen LogP contribution < -0.4 is 24.4 Å². The van der Waals surface area contributed by atoms with Gasteiger partial charge in [0.15, 0.2) is 16.3 Å². The third-order valence-electron chi connectivity index (χ3n) is 8.87. The molecule has 5 aromatic carbocycles. The number of allylic oxidation sites excluding steroid dienone is 1. The second kappa shape index (κ2) is 12.4. The maximum Gasteiger partial charge on any atom is 0.271 e. The summed E-state index contributed by atoms with van der Waals surface area (Å²) >= 11 is 10.5. The second-order valence-corrected chi connectivity index (χ2v) is 14.2. The number of fused-ring (bicyclic) bond motifs is 4. The van der Waals surface area contributed by atoms with Gasteiger partial charge in [-0.25, -0.2) is 4.99 Å². The monoisotopic (exact) mass is 766 g/mol. The summed E-state index contributed by atoms with van der Waals surface area (Å²) in [5.74, 6) is 1.28. The number of thiazole rings is 1. The third kappa shape index (κ3) is 5.40. The molecule has 6 aromatic rings. The van der Waals surface area contributed by atoms with E-state index < -0.39 is 0 Å². The van der Waals surface area contributed by atoms with Gasteiger partial charge < -0.3 is 9.47 Å². The Bertz CT molecular complexity index is 2420. The predicted molar refractivity (Wildman–Crippen MR) is 198 cm³/mol. The lowest BCUT2D eigenvalue weighted by atomic mass is 9.83. The SMILES string of the molecule is COc1cc(/C=c2/sc3n(c2=O)C(c2ccccc2Cl)C2=C(N=3)c3ccccc3CC2)cc(I)c1OCc1cccc2ccccc12. The molecule has 2 aliphatic rings. The van der Waals surface area contributed by atoms with E-state index in [9.17, 15) is 4.79 Å². The van der Waals surface area contributed by atoms with Crippen molar-refractivity contribution in [2.24, 2.45) is 4.99 Å². The van der Waals surface area contributed by atoms with Crippen molar-refractivity contribution in [3.8, 4) is 11.5 Å². The average Bonchev–Trinajstić information content (AvgIpc) is 3.40. The largest absolute Gasteiger partial charge is 0.493 e. The molecule has 0 radical (unpaired) electrons. The Kier molecular flexibility index (Phi) is 7.99. The quantitative estimate of drug-likeness (QED) is 0.160. The molecule has 1 aromatic heterocycles. The Hall–Kier alpha value is -4.18. The van der Waals surface area contributed by atoms with E-state index >= 15 is 0 Å². The minimum atomic E-state index is -0.329. The summed E-state index contributed by atoms with van der Waals surface area (Å²) in [4.78, 5) is 20.1. The van der Waals surface area contributed by atoms with Crippen molar-refractivity contribution >= 4 is 68.1 Å². The van der Waals surface area contributed by atoms with E-state index in [4.69, 9.17) is 26.1 Å². The third-order valence-corrected chi connectivity index (χ3v) is 11.0. The highest BCUT2D eigenvalue weighted by Gasteiger charge is 2.33. The first-order valence-electron chi connectivity index (χ1n) is 15.3. The van der Waals surface area contributed by atoms with Crippen molar-refractivity contribution in [2.75, 3.05) is 7.11 Å². The van der Waals surface area contributed by atoms with Gasteiger partial charge in [-0.2, -0.15) is 0 Å². The van der Waals surface area contributed by atoms with E-state index in [-0.39, 0.29) is 11.6 Å². The highest BCUT2D eigenvalue weighted by Crippen LogP contribution is 2.43. The molecule has 0 bridgehead atoms. The van der Waals surface area contributed by atoms with Crippen LogP contribution in [0.4, 0.5) is 0 Å². The topological polar surface area (TPSA) is 52.8 Å². The second-order valence-electron chi connectivity index (χ2n) is 11.6. The van der Waals surface area contributed by atoms with Crippen LogP contribution in [-0.4, -0.2) is 11.7 Å². The average molecular weight is 767 g/mol. The van der Waals surface area contributed by atoms with Gasteiger partial charge in [0.2, 0.25) is 0 Å². The zero-order chi connectivity index (χ0) is 32.1. The van der Waals surface area contributed by atoms with Crippen LogP contribution in [-0.2, 0) is 13.0 Å². The molecule has 0 spiro atoms. The van der Waals surface area contributed by atoms with Crippen LogP contribution in [0, 0.1) is 3.57 Å². The summed E-state index contributed by atoms with van der Waals surface area (Å²) in [7, 11) is 1.64. The van der Waals surface area contributed by atoms with Crippen LogP contribution in [0.1, 0.15) is 40.3 Å². The van der Waals surface area contributed by atoms with Crippen molar-refractivity contribution in [3.05, 3.63) is 165 Å². The minimum Gasteiger partial charge on any atom is -0.493 e. The summed E-state index contributed by atoms with van der Waals surface area (Å²) < 4.78 is 15.5. The van der Waals surface area contributed by atoms with Crippen LogP contribution in [0.5, 0.6) is 11.5 Å². The van der Waals surface area contributed by atoms with E-state index in [1.165, 1.54) is 22.3 Å². The zero-order valence-electron chi connectivity index (χ0n) is 25.4. The summed E-state index contributed by atoms with van der Waals surface area (Å²) in [6, 6.07) is 34.4. The van der Waals surface area contributed by atoms with E-state index in [0.29, 0.717) is 32.5 Å². The van der Waals surface area contributed by atoms with Gasteiger partial charge in [-0.05, 0) is 98.3 Å². The van der Waals surface area contributed by atoms with Gasteiger partial charge in [-0.15, -0.1) is 0 Å². The Labute approximate surface area is 294 Å². The molecule has 1 aliphatic carbocycles. The molecule has 47 heavy (non-hydrogen) atoms. The number of nitrogens with zero attached hydrogens (tertiary/aromatic N) is 2. The number of aromatic nitrogens is 1. The molecule has 1 unspecified atom stereocenters.